The number of hydrogen-bond donors (Lipinski definition) is 1. The van der Waals surface area contributed by atoms with Gasteiger partial charge in [-0.1, -0.05) is 29.8 Å². The summed E-state index contributed by atoms with van der Waals surface area (Å²) in [5.74, 6) is 2.69. The summed E-state index contributed by atoms with van der Waals surface area (Å²) in [7, 11) is 0. The van der Waals surface area contributed by atoms with E-state index in [0.717, 1.165) is 30.4 Å². The van der Waals surface area contributed by atoms with Gasteiger partial charge in [-0.25, -0.2) is 4.79 Å². The number of carbonyl (C=O) groups is 1. The highest BCUT2D eigenvalue weighted by Crippen LogP contribution is 2.29. The molecule has 1 aliphatic rings. The predicted octanol–water partition coefficient (Wildman–Crippen LogP) is 2.61. The fraction of sp³-hybridized carbons (Fsp3) is 0.471. The monoisotopic (exact) mass is 345 g/mol. The lowest BCUT2D eigenvalue weighted by molar-refractivity contribution is 0.182. The molecule has 3 rings (SSSR count). The minimum absolute atomic E-state index is 0.0356. The summed E-state index contributed by atoms with van der Waals surface area (Å²) in [5, 5.41) is 11.0. The molecule has 0 spiro atoms. The quantitative estimate of drug-likeness (QED) is 0.925. The van der Waals surface area contributed by atoms with Crippen LogP contribution in [0.25, 0.3) is 0 Å². The number of aryl methyl sites for hydroxylation is 2. The Hall–Kier alpha value is -2.02. The second kappa shape index (κ2) is 7.70. The number of nitrogens with one attached hydrogen (secondary N) is 1. The summed E-state index contributed by atoms with van der Waals surface area (Å²) in [5.41, 5.74) is 2.43. The van der Waals surface area contributed by atoms with E-state index in [1.165, 1.54) is 11.1 Å². The van der Waals surface area contributed by atoms with Crippen molar-refractivity contribution >= 4 is 17.8 Å². The van der Waals surface area contributed by atoms with Crippen LogP contribution < -0.4 is 5.32 Å². The second-order valence-electron chi connectivity index (χ2n) is 5.89. The van der Waals surface area contributed by atoms with Crippen molar-refractivity contribution in [3.8, 4) is 0 Å². The Labute approximate surface area is 146 Å². The van der Waals surface area contributed by atoms with Gasteiger partial charge in [-0.15, -0.1) is 10.2 Å². The van der Waals surface area contributed by atoms with Crippen molar-refractivity contribution in [2.24, 2.45) is 0 Å². The average molecular weight is 345 g/mol. The number of hydrogen-bond acceptors (Lipinski definition) is 4. The van der Waals surface area contributed by atoms with E-state index in [1.54, 1.807) is 6.33 Å². The van der Waals surface area contributed by atoms with Crippen molar-refractivity contribution in [2.75, 3.05) is 18.1 Å². The molecule has 0 unspecified atom stereocenters. The van der Waals surface area contributed by atoms with Crippen LogP contribution in [0.4, 0.5) is 4.79 Å². The molecular weight excluding hydrogens is 322 g/mol. The zero-order chi connectivity index (χ0) is 16.9. The molecule has 1 aromatic heterocycles. The highest BCUT2D eigenvalue weighted by Gasteiger charge is 2.28. The van der Waals surface area contributed by atoms with Gasteiger partial charge in [0, 0.05) is 24.6 Å². The smallest absolute Gasteiger partial charge is 0.318 e. The van der Waals surface area contributed by atoms with Crippen LogP contribution in [-0.4, -0.2) is 43.7 Å². The number of aromatic nitrogens is 3. The number of urea groups is 1. The summed E-state index contributed by atoms with van der Waals surface area (Å²) in [6.07, 6.45) is 1.69. The van der Waals surface area contributed by atoms with Gasteiger partial charge in [0.2, 0.25) is 0 Å². The Kier molecular flexibility index (Phi) is 5.40. The van der Waals surface area contributed by atoms with Crippen LogP contribution in [0.3, 0.4) is 0 Å². The topological polar surface area (TPSA) is 63.1 Å². The lowest BCUT2D eigenvalue weighted by Gasteiger charge is -2.35. The Morgan fingerprint density at radius 1 is 1.38 bits per heavy atom. The third kappa shape index (κ3) is 3.72. The molecule has 2 amide bonds. The molecule has 0 radical (unpaired) electrons. The summed E-state index contributed by atoms with van der Waals surface area (Å²) < 4.78 is 1.93. The first-order valence-electron chi connectivity index (χ1n) is 8.24. The second-order valence-corrected chi connectivity index (χ2v) is 7.04. The number of nitrogens with zero attached hydrogens (tertiary/aromatic N) is 4. The first-order chi connectivity index (χ1) is 11.7. The highest BCUT2D eigenvalue weighted by molar-refractivity contribution is 7.99. The molecule has 2 heterocycles. The molecule has 1 aromatic carbocycles. The maximum Gasteiger partial charge on any atom is 0.318 e. The van der Waals surface area contributed by atoms with E-state index in [0.29, 0.717) is 6.54 Å². The fourth-order valence-electron chi connectivity index (χ4n) is 2.85. The number of rotatable bonds is 4. The van der Waals surface area contributed by atoms with Gasteiger partial charge in [0.25, 0.3) is 0 Å². The molecule has 128 valence electrons. The van der Waals surface area contributed by atoms with E-state index in [2.05, 4.69) is 46.7 Å². The minimum Gasteiger partial charge on any atom is -0.331 e. The number of benzene rings is 1. The van der Waals surface area contributed by atoms with Crippen molar-refractivity contribution in [3.05, 3.63) is 47.5 Å². The lowest BCUT2D eigenvalue weighted by Crippen LogP contribution is -2.46. The van der Waals surface area contributed by atoms with E-state index in [4.69, 9.17) is 0 Å². The standard InChI is InChI=1S/C17H23N5OS/c1-3-21-12-19-20-16(21)10-18-17(23)22-8-9-24-11-15(22)14-6-4-13(2)5-7-14/h4-7,12,15H,3,8-11H2,1-2H3,(H,18,23)/t15-/m1/s1. The molecule has 1 fully saturated rings. The Bertz CT molecular complexity index is 685. The first-order valence-corrected chi connectivity index (χ1v) is 9.40. The van der Waals surface area contributed by atoms with Crippen LogP contribution in [0.5, 0.6) is 0 Å². The molecule has 1 atom stereocenters. The SMILES string of the molecule is CCn1cnnc1CNC(=O)N1CCSC[C@@H]1c1ccc(C)cc1. The molecule has 1 saturated heterocycles. The van der Waals surface area contributed by atoms with Gasteiger partial charge >= 0.3 is 6.03 Å². The van der Waals surface area contributed by atoms with Crippen LogP contribution in [-0.2, 0) is 13.1 Å². The minimum atomic E-state index is -0.0356. The van der Waals surface area contributed by atoms with Crippen LogP contribution in [0.1, 0.15) is 29.9 Å². The normalized spacial score (nSPS) is 17.8. The molecule has 1 aliphatic heterocycles. The zero-order valence-electron chi connectivity index (χ0n) is 14.1. The van der Waals surface area contributed by atoms with Gasteiger partial charge in [-0.05, 0) is 19.4 Å². The summed E-state index contributed by atoms with van der Waals surface area (Å²) in [4.78, 5) is 14.6. The number of amides is 2. The van der Waals surface area contributed by atoms with E-state index >= 15 is 0 Å². The lowest BCUT2D eigenvalue weighted by atomic mass is 10.1. The van der Waals surface area contributed by atoms with Gasteiger partial charge in [-0.2, -0.15) is 11.8 Å². The van der Waals surface area contributed by atoms with E-state index in [9.17, 15) is 4.79 Å². The third-order valence-corrected chi connectivity index (χ3v) is 5.31. The fourth-order valence-corrected chi connectivity index (χ4v) is 3.94. The third-order valence-electron chi connectivity index (χ3n) is 4.29. The molecule has 0 aliphatic carbocycles. The van der Waals surface area contributed by atoms with Crippen LogP contribution in [0.15, 0.2) is 30.6 Å². The Morgan fingerprint density at radius 3 is 2.92 bits per heavy atom. The highest BCUT2D eigenvalue weighted by atomic mass is 32.2. The zero-order valence-corrected chi connectivity index (χ0v) is 14.9. The van der Waals surface area contributed by atoms with Crippen LogP contribution in [0.2, 0.25) is 0 Å². The summed E-state index contributed by atoms with van der Waals surface area (Å²) >= 11 is 1.90. The molecule has 24 heavy (non-hydrogen) atoms. The Morgan fingerprint density at radius 2 is 2.17 bits per heavy atom. The predicted molar refractivity (Wildman–Crippen MR) is 95.9 cm³/mol. The molecule has 1 N–H and O–H groups in total. The number of thioether (sulfide) groups is 1. The molecule has 0 saturated carbocycles. The molecule has 6 nitrogen and oxygen atoms in total. The summed E-state index contributed by atoms with van der Waals surface area (Å²) in [6.45, 7) is 6.06. The van der Waals surface area contributed by atoms with E-state index in [1.807, 2.05) is 28.2 Å². The molecule has 0 bridgehead atoms. The largest absolute Gasteiger partial charge is 0.331 e. The Balaban J connectivity index is 1.68. The number of carbonyl (C=O) groups excluding carboxylic acids is 1. The van der Waals surface area contributed by atoms with Gasteiger partial charge in [0.05, 0.1) is 12.6 Å². The van der Waals surface area contributed by atoms with Gasteiger partial charge in [-0.3, -0.25) is 0 Å². The van der Waals surface area contributed by atoms with Gasteiger partial charge in [0.15, 0.2) is 5.82 Å². The maximum absolute atomic E-state index is 12.7. The first kappa shape index (κ1) is 16.8. The van der Waals surface area contributed by atoms with Crippen molar-refractivity contribution in [1.29, 1.82) is 0 Å². The van der Waals surface area contributed by atoms with E-state index in [-0.39, 0.29) is 12.1 Å². The molecule has 2 aromatic rings. The molecule has 7 heteroatoms. The van der Waals surface area contributed by atoms with E-state index < -0.39 is 0 Å². The van der Waals surface area contributed by atoms with Crippen LogP contribution >= 0.6 is 11.8 Å². The van der Waals surface area contributed by atoms with Crippen molar-refractivity contribution in [1.82, 2.24) is 25.0 Å². The summed E-state index contributed by atoms with van der Waals surface area (Å²) in [6, 6.07) is 8.54. The van der Waals surface area contributed by atoms with Crippen molar-refractivity contribution in [3.63, 3.8) is 0 Å². The van der Waals surface area contributed by atoms with Gasteiger partial charge in [0.1, 0.15) is 6.33 Å². The maximum atomic E-state index is 12.7. The van der Waals surface area contributed by atoms with Gasteiger partial charge < -0.3 is 14.8 Å². The van der Waals surface area contributed by atoms with Crippen molar-refractivity contribution < 1.29 is 4.79 Å². The van der Waals surface area contributed by atoms with Crippen molar-refractivity contribution in [2.45, 2.75) is 33.0 Å². The molecular formula is C17H23N5OS. The van der Waals surface area contributed by atoms with Crippen LogP contribution in [0, 0.1) is 6.92 Å². The average Bonchev–Trinajstić information content (AvgIpc) is 3.08.